The smallest absolute Gasteiger partial charge is 0.166 e. The number of hydrogen-bond acceptors (Lipinski definition) is 6. The van der Waals surface area contributed by atoms with Gasteiger partial charge in [-0.15, -0.1) is 0 Å². The second kappa shape index (κ2) is 19.4. The second-order valence-corrected chi connectivity index (χ2v) is 27.0. The van der Waals surface area contributed by atoms with Crippen LogP contribution in [0.25, 0.3) is 95.8 Å². The monoisotopic (exact) mass is 1030 g/mol. The van der Waals surface area contributed by atoms with E-state index < -0.39 is 0 Å². The first-order chi connectivity index (χ1) is 36.5. The Morgan fingerprint density at radius 2 is 0.577 bits per heavy atom. The molecule has 0 fully saturated rings. The number of hydrogen-bond donors (Lipinski definition) is 0. The Labute approximate surface area is 463 Å². The van der Waals surface area contributed by atoms with Gasteiger partial charge in [0.2, 0.25) is 0 Å². The second-order valence-electron chi connectivity index (χ2n) is 27.0. The van der Waals surface area contributed by atoms with Crippen molar-refractivity contribution in [3.63, 3.8) is 0 Å². The van der Waals surface area contributed by atoms with E-state index in [1.165, 1.54) is 27.8 Å². The van der Waals surface area contributed by atoms with Gasteiger partial charge in [-0.2, -0.15) is 0 Å². The first kappa shape index (κ1) is 53.7. The van der Waals surface area contributed by atoms with Crippen LogP contribution in [0.3, 0.4) is 0 Å². The lowest BCUT2D eigenvalue weighted by molar-refractivity contribution is 0.569. The molecule has 10 aromatic rings. The Kier molecular flexibility index (Phi) is 13.3. The minimum atomic E-state index is -0.119. The summed E-state index contributed by atoms with van der Waals surface area (Å²) in [6.07, 6.45) is 0. The van der Waals surface area contributed by atoms with Gasteiger partial charge < -0.3 is 4.57 Å². The Morgan fingerprint density at radius 3 is 0.923 bits per heavy atom. The third-order valence-electron chi connectivity index (χ3n) is 15.1. The van der Waals surface area contributed by atoms with Crippen LogP contribution < -0.4 is 0 Å². The zero-order chi connectivity index (χ0) is 56.0. The first-order valence-corrected chi connectivity index (χ1v) is 27.7. The molecule has 7 aromatic carbocycles. The number of para-hydroxylation sites is 2. The lowest BCUT2D eigenvalue weighted by Gasteiger charge is -2.26. The molecule has 0 spiro atoms. The van der Waals surface area contributed by atoms with E-state index in [0.717, 1.165) is 77.6 Å². The average Bonchev–Trinajstić information content (AvgIpc) is 3.91. The summed E-state index contributed by atoms with van der Waals surface area (Å²) in [7, 11) is 0. The Balaban J connectivity index is 1.32. The van der Waals surface area contributed by atoms with Gasteiger partial charge in [-0.25, -0.2) is 29.9 Å². The average molecular weight is 1030 g/mol. The normalized spacial score (nSPS) is 12.7. The van der Waals surface area contributed by atoms with Crippen LogP contribution in [-0.4, -0.2) is 34.5 Å². The lowest BCUT2D eigenvalue weighted by Crippen LogP contribution is -2.17. The van der Waals surface area contributed by atoms with E-state index >= 15 is 0 Å². The van der Waals surface area contributed by atoms with E-state index in [0.29, 0.717) is 34.9 Å². The molecule has 0 aliphatic rings. The molecule has 3 heterocycles. The number of fused-ring (bicyclic) bond motifs is 3. The molecule has 7 heteroatoms. The maximum absolute atomic E-state index is 5.57. The van der Waals surface area contributed by atoms with E-state index in [-0.39, 0.29) is 27.1 Å². The van der Waals surface area contributed by atoms with Gasteiger partial charge in [0.15, 0.2) is 34.9 Å². The number of aryl methyl sites for hydroxylation is 3. The molecule has 0 unspecified atom stereocenters. The quantitative estimate of drug-likeness (QED) is 0.158. The summed E-state index contributed by atoms with van der Waals surface area (Å²) in [5.74, 6) is 3.54. The van der Waals surface area contributed by atoms with Crippen LogP contribution in [0.2, 0.25) is 0 Å². The highest BCUT2D eigenvalue weighted by Crippen LogP contribution is 2.41. The van der Waals surface area contributed by atoms with Crippen molar-refractivity contribution in [3.05, 3.63) is 184 Å². The van der Waals surface area contributed by atoms with Crippen LogP contribution in [0.1, 0.15) is 148 Å². The fraction of sp³-hybridized carbons (Fsp3) is 0.324. The SMILES string of the molecule is Cc1cc(-c2nc(-c3cc(C(C)(C)C)cc(C(C)(C)C)c3)nc(-c3ccc(-n4c5ccccc5c5ccccc54)c(-c4nc(-c5cc(C)cc(C(C)(C)C)c5)nc(-c5cc(C)cc(C(C)(C)C)c5)n4)c3)n2)cc(C(C)(C)C)c1. The summed E-state index contributed by atoms with van der Waals surface area (Å²) in [5.41, 5.74) is 17.5. The molecular weight excluding hydrogens is 951 g/mol. The molecule has 0 aliphatic carbocycles. The largest absolute Gasteiger partial charge is 0.309 e. The first-order valence-electron chi connectivity index (χ1n) is 27.7. The molecular formula is C71H77N7. The number of benzene rings is 7. The number of rotatable bonds is 7. The standard InChI is InChI=1S/C71H77N7/c1-42-29-46(35-50(32-42)67(4,5)6)62-72-61(73-65(74-62)49-38-53(70(13,14)15)41-54(39-49)71(16,17)18)45-27-28-60(78-58-25-21-19-23-55(58)56-24-20-22-26-59(56)78)57(40-45)66-76-63(47-30-43(2)33-51(36-47)68(7,8)9)75-64(77-66)48-31-44(3)34-52(37-48)69(10,11)12/h19-41H,1-18H3. The molecule has 0 amide bonds. The van der Waals surface area contributed by atoms with Gasteiger partial charge in [0.05, 0.1) is 16.7 Å². The molecule has 0 bridgehead atoms. The predicted octanol–water partition coefficient (Wildman–Crippen LogP) is 18.6. The molecule has 0 aliphatic heterocycles. The van der Waals surface area contributed by atoms with Gasteiger partial charge in [0, 0.05) is 44.2 Å². The van der Waals surface area contributed by atoms with E-state index in [4.69, 9.17) is 29.9 Å². The number of aromatic nitrogens is 7. The summed E-state index contributed by atoms with van der Waals surface area (Å²) in [5, 5.41) is 2.33. The van der Waals surface area contributed by atoms with Gasteiger partial charge in [-0.1, -0.05) is 181 Å². The van der Waals surface area contributed by atoms with Gasteiger partial charge >= 0.3 is 0 Å². The highest BCUT2D eigenvalue weighted by Gasteiger charge is 2.27. The van der Waals surface area contributed by atoms with Gasteiger partial charge in [-0.3, -0.25) is 0 Å². The molecule has 3 aromatic heterocycles. The van der Waals surface area contributed by atoms with E-state index in [1.54, 1.807) is 0 Å². The molecule has 7 nitrogen and oxygen atoms in total. The van der Waals surface area contributed by atoms with Crippen molar-refractivity contribution in [1.82, 2.24) is 34.5 Å². The van der Waals surface area contributed by atoms with E-state index in [9.17, 15) is 0 Å². The summed E-state index contributed by atoms with van der Waals surface area (Å²) in [4.78, 5) is 32.9. The highest BCUT2D eigenvalue weighted by molar-refractivity contribution is 6.09. The summed E-state index contributed by atoms with van der Waals surface area (Å²) in [6.45, 7) is 40.4. The van der Waals surface area contributed by atoms with Crippen molar-refractivity contribution in [3.8, 4) is 74.0 Å². The van der Waals surface area contributed by atoms with Gasteiger partial charge in [0.25, 0.3) is 0 Å². The van der Waals surface area contributed by atoms with Crippen molar-refractivity contribution in [2.75, 3.05) is 0 Å². The van der Waals surface area contributed by atoms with Crippen molar-refractivity contribution in [2.45, 2.75) is 152 Å². The summed E-state index contributed by atoms with van der Waals surface area (Å²) in [6, 6.07) is 50.9. The van der Waals surface area contributed by atoms with Crippen LogP contribution in [0, 0.1) is 20.8 Å². The van der Waals surface area contributed by atoms with Crippen LogP contribution >= 0.6 is 0 Å². The molecule has 10 rings (SSSR count). The molecule has 78 heavy (non-hydrogen) atoms. The summed E-state index contributed by atoms with van der Waals surface area (Å²) < 4.78 is 2.36. The maximum atomic E-state index is 5.57. The van der Waals surface area contributed by atoms with Crippen molar-refractivity contribution >= 4 is 21.8 Å². The number of nitrogens with zero attached hydrogens (tertiary/aromatic N) is 7. The van der Waals surface area contributed by atoms with Crippen LogP contribution in [0.15, 0.2) is 140 Å². The molecule has 0 saturated heterocycles. The van der Waals surface area contributed by atoms with Gasteiger partial charge in [-0.05, 0) is 155 Å². The summed E-state index contributed by atoms with van der Waals surface area (Å²) >= 11 is 0. The molecule has 396 valence electrons. The Hall–Kier alpha value is -7.64. The Bertz CT molecular complexity index is 3800. The minimum absolute atomic E-state index is 0.0958. The molecule has 0 N–H and O–H groups in total. The van der Waals surface area contributed by atoms with E-state index in [1.807, 2.05) is 0 Å². The van der Waals surface area contributed by atoms with Crippen molar-refractivity contribution < 1.29 is 0 Å². The van der Waals surface area contributed by atoms with Crippen molar-refractivity contribution in [2.24, 2.45) is 0 Å². The van der Waals surface area contributed by atoms with E-state index in [2.05, 4.69) is 269 Å². The molecule has 0 saturated carbocycles. The third kappa shape index (κ3) is 10.8. The third-order valence-corrected chi connectivity index (χ3v) is 15.1. The fourth-order valence-electron chi connectivity index (χ4n) is 10.4. The minimum Gasteiger partial charge on any atom is -0.309 e. The fourth-order valence-corrected chi connectivity index (χ4v) is 10.4. The van der Waals surface area contributed by atoms with Crippen LogP contribution in [0.4, 0.5) is 0 Å². The van der Waals surface area contributed by atoms with Gasteiger partial charge in [0.1, 0.15) is 0 Å². The topological polar surface area (TPSA) is 82.3 Å². The van der Waals surface area contributed by atoms with Crippen LogP contribution in [0.5, 0.6) is 0 Å². The zero-order valence-corrected chi connectivity index (χ0v) is 49.4. The molecule has 0 atom stereocenters. The Morgan fingerprint density at radius 1 is 0.282 bits per heavy atom. The van der Waals surface area contributed by atoms with Crippen LogP contribution in [-0.2, 0) is 27.1 Å². The highest BCUT2D eigenvalue weighted by atomic mass is 15.1. The maximum Gasteiger partial charge on any atom is 0.166 e. The predicted molar refractivity (Wildman–Crippen MR) is 328 cm³/mol. The lowest BCUT2D eigenvalue weighted by atomic mass is 9.79. The molecule has 0 radical (unpaired) electrons. The zero-order valence-electron chi connectivity index (χ0n) is 49.4. The van der Waals surface area contributed by atoms with Crippen molar-refractivity contribution in [1.29, 1.82) is 0 Å².